The summed E-state index contributed by atoms with van der Waals surface area (Å²) in [6.07, 6.45) is 0.677. The van der Waals surface area contributed by atoms with Crippen molar-refractivity contribution in [2.45, 2.75) is 33.3 Å². The zero-order valence-corrected chi connectivity index (χ0v) is 7.96. The Balaban J connectivity index is 3.08. The van der Waals surface area contributed by atoms with E-state index in [9.17, 15) is 5.11 Å². The lowest BCUT2D eigenvalue weighted by Crippen LogP contribution is -1.96. The molecule has 0 saturated heterocycles. The van der Waals surface area contributed by atoms with Gasteiger partial charge in [0, 0.05) is 0 Å². The largest absolute Gasteiger partial charge is 0.389 e. The van der Waals surface area contributed by atoms with Crippen molar-refractivity contribution < 1.29 is 5.11 Å². The van der Waals surface area contributed by atoms with E-state index in [-0.39, 0.29) is 6.10 Å². The van der Waals surface area contributed by atoms with E-state index >= 15 is 0 Å². The average molecular weight is 164 g/mol. The van der Waals surface area contributed by atoms with Crippen molar-refractivity contribution in [1.29, 1.82) is 0 Å². The highest BCUT2D eigenvalue weighted by molar-refractivity contribution is 5.32. The van der Waals surface area contributed by atoms with Crippen LogP contribution in [0.15, 0.2) is 18.2 Å². The Morgan fingerprint density at radius 1 is 1.42 bits per heavy atom. The summed E-state index contributed by atoms with van der Waals surface area (Å²) >= 11 is 0. The monoisotopic (exact) mass is 164 g/mol. The molecule has 1 heteroatoms. The van der Waals surface area contributed by atoms with Gasteiger partial charge < -0.3 is 5.11 Å². The quantitative estimate of drug-likeness (QED) is 0.712. The van der Waals surface area contributed by atoms with Gasteiger partial charge in [0.25, 0.3) is 0 Å². The third-order valence-electron chi connectivity index (χ3n) is 2.20. The van der Waals surface area contributed by atoms with Gasteiger partial charge in [-0.2, -0.15) is 0 Å². The van der Waals surface area contributed by atoms with E-state index < -0.39 is 0 Å². The van der Waals surface area contributed by atoms with Crippen LogP contribution in [0, 0.1) is 6.92 Å². The average Bonchev–Trinajstić information content (AvgIpc) is 2.05. The molecule has 0 aliphatic rings. The first-order chi connectivity index (χ1) is 5.65. The van der Waals surface area contributed by atoms with Gasteiger partial charge in [-0.05, 0) is 37.0 Å². The summed E-state index contributed by atoms with van der Waals surface area (Å²) in [5.41, 5.74) is 3.51. The number of hydrogen-bond donors (Lipinski definition) is 1. The molecule has 1 N–H and O–H groups in total. The predicted molar refractivity (Wildman–Crippen MR) is 51.2 cm³/mol. The van der Waals surface area contributed by atoms with Gasteiger partial charge in [0.05, 0.1) is 6.10 Å². The maximum atomic E-state index is 9.42. The molecule has 1 aromatic carbocycles. The Hall–Kier alpha value is -0.820. The Kier molecular flexibility index (Phi) is 2.88. The molecule has 12 heavy (non-hydrogen) atoms. The van der Waals surface area contributed by atoms with Gasteiger partial charge in [0.2, 0.25) is 0 Å². The minimum absolute atomic E-state index is 0.350. The smallest absolute Gasteiger partial charge is 0.0764 e. The first-order valence-corrected chi connectivity index (χ1v) is 4.42. The molecule has 0 fully saturated rings. The van der Waals surface area contributed by atoms with E-state index in [2.05, 4.69) is 25.1 Å². The third-order valence-corrected chi connectivity index (χ3v) is 2.20. The van der Waals surface area contributed by atoms with Crippen LogP contribution in [-0.2, 0) is 6.42 Å². The van der Waals surface area contributed by atoms with Crippen LogP contribution < -0.4 is 0 Å². The van der Waals surface area contributed by atoms with Gasteiger partial charge in [0.15, 0.2) is 0 Å². The van der Waals surface area contributed by atoms with Crippen molar-refractivity contribution in [1.82, 2.24) is 0 Å². The van der Waals surface area contributed by atoms with Crippen LogP contribution in [0.1, 0.15) is 36.6 Å². The van der Waals surface area contributed by atoms with Gasteiger partial charge in [-0.25, -0.2) is 0 Å². The van der Waals surface area contributed by atoms with Crippen LogP contribution in [0.2, 0.25) is 0 Å². The predicted octanol–water partition coefficient (Wildman–Crippen LogP) is 2.61. The minimum atomic E-state index is -0.350. The fraction of sp³-hybridized carbons (Fsp3) is 0.455. The molecule has 1 unspecified atom stereocenters. The lowest BCUT2D eigenvalue weighted by atomic mass is 10.0. The van der Waals surface area contributed by atoms with Crippen molar-refractivity contribution in [2.24, 2.45) is 0 Å². The standard InChI is InChI=1S/C11H16O/c1-4-10-6-5-8(2)11(7-10)9(3)12/h5-7,9,12H,4H2,1-3H3. The number of aliphatic hydroxyl groups excluding tert-OH is 1. The van der Waals surface area contributed by atoms with E-state index in [1.807, 2.05) is 13.8 Å². The summed E-state index contributed by atoms with van der Waals surface area (Å²) < 4.78 is 0. The number of rotatable bonds is 2. The fourth-order valence-electron chi connectivity index (χ4n) is 1.36. The van der Waals surface area contributed by atoms with E-state index in [0.717, 1.165) is 12.0 Å². The molecule has 0 aromatic heterocycles. The summed E-state index contributed by atoms with van der Waals surface area (Å²) in [5.74, 6) is 0. The van der Waals surface area contributed by atoms with Crippen LogP contribution in [-0.4, -0.2) is 5.11 Å². The Bertz CT molecular complexity index is 264. The molecule has 1 aromatic rings. The second-order valence-corrected chi connectivity index (χ2v) is 3.22. The third kappa shape index (κ3) is 1.86. The maximum Gasteiger partial charge on any atom is 0.0764 e. The van der Waals surface area contributed by atoms with E-state index in [1.165, 1.54) is 11.1 Å². The zero-order valence-electron chi connectivity index (χ0n) is 7.96. The summed E-state index contributed by atoms with van der Waals surface area (Å²) in [5, 5.41) is 9.42. The molecule has 0 saturated carbocycles. The van der Waals surface area contributed by atoms with Crippen molar-refractivity contribution >= 4 is 0 Å². The van der Waals surface area contributed by atoms with Crippen molar-refractivity contribution in [2.75, 3.05) is 0 Å². The molecule has 1 nitrogen and oxygen atoms in total. The zero-order chi connectivity index (χ0) is 9.14. The Morgan fingerprint density at radius 2 is 2.08 bits per heavy atom. The first kappa shape index (κ1) is 9.27. The SMILES string of the molecule is CCc1ccc(C)c(C(C)O)c1. The first-order valence-electron chi connectivity index (χ1n) is 4.42. The van der Waals surface area contributed by atoms with Gasteiger partial charge in [-0.1, -0.05) is 25.1 Å². The molecule has 1 atom stereocenters. The van der Waals surface area contributed by atoms with Crippen LogP contribution in [0.5, 0.6) is 0 Å². The number of aryl methyl sites for hydroxylation is 2. The maximum absolute atomic E-state index is 9.42. The normalized spacial score (nSPS) is 13.0. The van der Waals surface area contributed by atoms with E-state index in [4.69, 9.17) is 0 Å². The van der Waals surface area contributed by atoms with Gasteiger partial charge in [-0.3, -0.25) is 0 Å². The van der Waals surface area contributed by atoms with Crippen LogP contribution in [0.4, 0.5) is 0 Å². The van der Waals surface area contributed by atoms with Gasteiger partial charge in [0.1, 0.15) is 0 Å². The Morgan fingerprint density at radius 3 is 2.58 bits per heavy atom. The molecule has 0 aliphatic heterocycles. The molecule has 0 spiro atoms. The highest BCUT2D eigenvalue weighted by Crippen LogP contribution is 2.18. The second-order valence-electron chi connectivity index (χ2n) is 3.22. The van der Waals surface area contributed by atoms with Crippen molar-refractivity contribution in [3.05, 3.63) is 34.9 Å². The van der Waals surface area contributed by atoms with Gasteiger partial charge >= 0.3 is 0 Å². The summed E-state index contributed by atoms with van der Waals surface area (Å²) in [7, 11) is 0. The molecule has 1 rings (SSSR count). The molecule has 0 aliphatic carbocycles. The number of hydrogen-bond acceptors (Lipinski definition) is 1. The van der Waals surface area contributed by atoms with E-state index in [1.54, 1.807) is 0 Å². The van der Waals surface area contributed by atoms with Gasteiger partial charge in [-0.15, -0.1) is 0 Å². The number of aliphatic hydroxyl groups is 1. The topological polar surface area (TPSA) is 20.2 Å². The molecular weight excluding hydrogens is 148 g/mol. The Labute approximate surface area is 74.1 Å². The molecule has 0 radical (unpaired) electrons. The molecule has 0 bridgehead atoms. The van der Waals surface area contributed by atoms with Crippen LogP contribution >= 0.6 is 0 Å². The summed E-state index contributed by atoms with van der Waals surface area (Å²) in [6.45, 7) is 5.96. The molecule has 0 heterocycles. The van der Waals surface area contributed by atoms with Crippen molar-refractivity contribution in [3.63, 3.8) is 0 Å². The lowest BCUT2D eigenvalue weighted by molar-refractivity contribution is 0.198. The van der Waals surface area contributed by atoms with E-state index in [0.29, 0.717) is 0 Å². The van der Waals surface area contributed by atoms with Crippen molar-refractivity contribution in [3.8, 4) is 0 Å². The highest BCUT2D eigenvalue weighted by atomic mass is 16.3. The summed E-state index contributed by atoms with van der Waals surface area (Å²) in [6, 6.07) is 6.27. The second kappa shape index (κ2) is 3.72. The molecule has 0 amide bonds. The highest BCUT2D eigenvalue weighted by Gasteiger charge is 2.04. The lowest BCUT2D eigenvalue weighted by Gasteiger charge is -2.10. The van der Waals surface area contributed by atoms with Crippen LogP contribution in [0.3, 0.4) is 0 Å². The number of benzene rings is 1. The fourth-order valence-corrected chi connectivity index (χ4v) is 1.36. The minimum Gasteiger partial charge on any atom is -0.389 e. The van der Waals surface area contributed by atoms with Crippen LogP contribution in [0.25, 0.3) is 0 Å². The summed E-state index contributed by atoms with van der Waals surface area (Å²) in [4.78, 5) is 0. The molecular formula is C11H16O. The molecule has 66 valence electrons.